The fraction of sp³-hybridized carbons (Fsp3) is 0.364. The molecule has 1 aliphatic carbocycles. The summed E-state index contributed by atoms with van der Waals surface area (Å²) in [5.41, 5.74) is 5.10. The van der Waals surface area contributed by atoms with Crippen molar-refractivity contribution >= 4 is 23.2 Å². The number of nitriles is 1. The molecule has 1 aromatic heterocycles. The zero-order chi connectivity index (χ0) is 28.3. The third-order valence-electron chi connectivity index (χ3n) is 8.59. The van der Waals surface area contributed by atoms with Gasteiger partial charge in [0.05, 0.1) is 40.2 Å². The van der Waals surface area contributed by atoms with E-state index in [0.717, 1.165) is 56.7 Å². The van der Waals surface area contributed by atoms with E-state index >= 15 is 0 Å². The number of piperidine rings is 1. The second-order valence-corrected chi connectivity index (χ2v) is 11.8. The van der Waals surface area contributed by atoms with E-state index in [1.165, 1.54) is 11.6 Å². The highest BCUT2D eigenvalue weighted by Crippen LogP contribution is 2.36. The second-order valence-electron chi connectivity index (χ2n) is 11.2. The topological polar surface area (TPSA) is 65.2 Å². The number of hydrogen-bond acceptors (Lipinski definition) is 4. The Morgan fingerprint density at radius 2 is 1.80 bits per heavy atom. The number of carbonyl (C=O) groups is 1. The molecule has 210 valence electrons. The number of rotatable bonds is 6. The molecule has 0 bridgehead atoms. The molecule has 2 atom stereocenters. The van der Waals surface area contributed by atoms with Gasteiger partial charge in [-0.15, -0.1) is 11.6 Å². The lowest BCUT2D eigenvalue weighted by Gasteiger charge is -2.33. The predicted octanol–water partition coefficient (Wildman–Crippen LogP) is 6.31. The predicted molar refractivity (Wildman–Crippen MR) is 158 cm³/mol. The number of allylic oxidation sites excluding steroid dienone is 4. The lowest BCUT2D eigenvalue weighted by Crippen LogP contribution is -2.34. The Balaban J connectivity index is 1.21. The smallest absolute Gasteiger partial charge is 0.257 e. The van der Waals surface area contributed by atoms with Crippen LogP contribution in [0.25, 0.3) is 5.70 Å². The van der Waals surface area contributed by atoms with E-state index in [1.807, 2.05) is 58.1 Å². The Hall–Kier alpha value is -3.73. The molecule has 0 saturated carbocycles. The summed E-state index contributed by atoms with van der Waals surface area (Å²) in [6, 6.07) is 16.8. The minimum atomic E-state index is -0.207. The van der Waals surface area contributed by atoms with Gasteiger partial charge in [0.2, 0.25) is 0 Å². The zero-order valence-corrected chi connectivity index (χ0v) is 23.7. The molecule has 3 aliphatic rings. The Bertz CT molecular complexity index is 1510. The number of likely N-dealkylation sites (tertiary alicyclic amines) is 2. The van der Waals surface area contributed by atoms with Crippen molar-refractivity contribution in [2.24, 2.45) is 0 Å². The fourth-order valence-corrected chi connectivity index (χ4v) is 6.51. The lowest BCUT2D eigenvalue weighted by atomic mass is 9.90. The number of carbonyl (C=O) groups excluding carboxylic acids is 1. The molecule has 0 N–H and O–H groups in total. The monoisotopic (exact) mass is 569 g/mol. The van der Waals surface area contributed by atoms with Gasteiger partial charge in [0, 0.05) is 31.5 Å². The van der Waals surface area contributed by atoms with Gasteiger partial charge in [0.25, 0.3) is 5.91 Å². The Labute approximate surface area is 245 Å². The number of hydrogen-bond donors (Lipinski definition) is 0. The van der Waals surface area contributed by atoms with Gasteiger partial charge < -0.3 is 4.90 Å². The number of nitrogens with zero attached hydrogens (tertiary/aromatic N) is 5. The molecule has 2 saturated heterocycles. The highest BCUT2D eigenvalue weighted by molar-refractivity contribution is 6.22. The van der Waals surface area contributed by atoms with Crippen molar-refractivity contribution in [2.45, 2.75) is 49.4 Å². The van der Waals surface area contributed by atoms with Gasteiger partial charge in [0.1, 0.15) is 5.82 Å². The minimum absolute atomic E-state index is 0.00579. The highest BCUT2D eigenvalue weighted by Gasteiger charge is 2.34. The van der Waals surface area contributed by atoms with E-state index in [1.54, 1.807) is 12.3 Å². The molecule has 0 spiro atoms. The summed E-state index contributed by atoms with van der Waals surface area (Å²) in [5, 5.41) is 13.8. The van der Waals surface area contributed by atoms with E-state index in [4.69, 9.17) is 22.0 Å². The van der Waals surface area contributed by atoms with Crippen LogP contribution in [0.15, 0.2) is 73.0 Å². The van der Waals surface area contributed by atoms with Crippen LogP contribution in [0.4, 0.5) is 4.39 Å². The van der Waals surface area contributed by atoms with Crippen LogP contribution in [0.1, 0.15) is 70.3 Å². The Morgan fingerprint density at radius 1 is 1.05 bits per heavy atom. The summed E-state index contributed by atoms with van der Waals surface area (Å²) in [5.74, 6) is -0.0576. The van der Waals surface area contributed by atoms with Crippen molar-refractivity contribution in [3.05, 3.63) is 107 Å². The molecule has 1 unspecified atom stereocenters. The Kier molecular flexibility index (Phi) is 8.04. The summed E-state index contributed by atoms with van der Waals surface area (Å²) >= 11 is 6.30. The van der Waals surface area contributed by atoms with Crippen LogP contribution in [0.2, 0.25) is 0 Å². The van der Waals surface area contributed by atoms with Gasteiger partial charge >= 0.3 is 0 Å². The quantitative estimate of drug-likeness (QED) is 0.326. The number of benzene rings is 2. The van der Waals surface area contributed by atoms with Gasteiger partial charge in [-0.2, -0.15) is 10.4 Å². The van der Waals surface area contributed by atoms with Crippen LogP contribution < -0.4 is 0 Å². The maximum Gasteiger partial charge on any atom is 0.257 e. The molecule has 3 heterocycles. The maximum absolute atomic E-state index is 14.5. The van der Waals surface area contributed by atoms with Gasteiger partial charge in [-0.3, -0.25) is 9.69 Å². The molecule has 41 heavy (non-hydrogen) atoms. The molecule has 0 radical (unpaired) electrons. The first-order valence-electron chi connectivity index (χ1n) is 14.4. The van der Waals surface area contributed by atoms with E-state index in [0.29, 0.717) is 29.8 Å². The summed E-state index contributed by atoms with van der Waals surface area (Å²) in [7, 11) is 0. The minimum Gasteiger partial charge on any atom is -0.338 e. The molecule has 2 aliphatic heterocycles. The molecule has 1 amide bonds. The van der Waals surface area contributed by atoms with Crippen LogP contribution in [-0.4, -0.2) is 57.0 Å². The number of halogens is 2. The normalized spacial score (nSPS) is 21.6. The molecule has 3 aromatic rings. The van der Waals surface area contributed by atoms with Crippen LogP contribution in [0.5, 0.6) is 0 Å². The number of alkyl halides is 1. The van der Waals surface area contributed by atoms with Crippen molar-refractivity contribution in [3.63, 3.8) is 0 Å². The highest BCUT2D eigenvalue weighted by atomic mass is 35.5. The van der Waals surface area contributed by atoms with Crippen molar-refractivity contribution in [2.75, 3.05) is 26.2 Å². The Morgan fingerprint density at radius 3 is 2.51 bits per heavy atom. The molecule has 2 fully saturated rings. The van der Waals surface area contributed by atoms with Crippen molar-refractivity contribution in [1.82, 2.24) is 19.6 Å². The molecular formula is C33H33ClFN5O. The van der Waals surface area contributed by atoms with Crippen molar-refractivity contribution in [3.8, 4) is 6.07 Å². The van der Waals surface area contributed by atoms with Gasteiger partial charge in [-0.1, -0.05) is 42.5 Å². The van der Waals surface area contributed by atoms with E-state index in [-0.39, 0.29) is 28.9 Å². The van der Waals surface area contributed by atoms with Crippen LogP contribution in [0, 0.1) is 17.1 Å². The molecule has 2 aromatic carbocycles. The average molecular weight is 570 g/mol. The second kappa shape index (κ2) is 12.0. The van der Waals surface area contributed by atoms with Crippen molar-refractivity contribution < 1.29 is 9.18 Å². The first-order chi connectivity index (χ1) is 20.0. The van der Waals surface area contributed by atoms with E-state index < -0.39 is 0 Å². The third kappa shape index (κ3) is 5.86. The third-order valence-corrected chi connectivity index (χ3v) is 8.92. The molecule has 8 heteroatoms. The first kappa shape index (κ1) is 27.4. The summed E-state index contributed by atoms with van der Waals surface area (Å²) in [4.78, 5) is 18.3. The summed E-state index contributed by atoms with van der Waals surface area (Å²) in [6.07, 6.45) is 11.1. The SMILES string of the molecule is N#Cc1ccc(CN2CCC(c3c(C(=O)N4CC[C@H](c5ccccc5F)C4)cnn3C3=CCC(Cl)C=C3)CC2)cc1. The molecular weight excluding hydrogens is 537 g/mol. The molecule has 6 nitrogen and oxygen atoms in total. The van der Waals surface area contributed by atoms with Crippen molar-refractivity contribution in [1.29, 1.82) is 5.26 Å². The first-order valence-corrected chi connectivity index (χ1v) is 14.8. The van der Waals surface area contributed by atoms with E-state index in [9.17, 15) is 9.18 Å². The van der Waals surface area contributed by atoms with Gasteiger partial charge in [-0.05, 0) is 74.2 Å². The summed E-state index contributed by atoms with van der Waals surface area (Å²) in [6.45, 7) is 3.74. The summed E-state index contributed by atoms with van der Waals surface area (Å²) < 4.78 is 16.4. The standard InChI is InChI=1S/C33H33ClFN5O/c34-27-9-11-28(12-10-27)40-32(25-13-16-38(17-14-25)21-24-7-5-23(19-36)6-8-24)30(20-37-40)33(41)39-18-15-26(22-39)29-3-1-2-4-31(29)35/h1-9,11-12,20,25-27H,10,13-18,21-22H2/t26-,27?/m0/s1. The van der Waals surface area contributed by atoms with Crippen LogP contribution in [0.3, 0.4) is 0 Å². The zero-order valence-electron chi connectivity index (χ0n) is 22.9. The fourth-order valence-electron chi connectivity index (χ4n) is 6.34. The molecule has 6 rings (SSSR count). The maximum atomic E-state index is 14.5. The van der Waals surface area contributed by atoms with E-state index in [2.05, 4.69) is 17.0 Å². The van der Waals surface area contributed by atoms with Crippen LogP contribution >= 0.6 is 11.6 Å². The number of amides is 1. The van der Waals surface area contributed by atoms with Gasteiger partial charge in [0.15, 0.2) is 0 Å². The van der Waals surface area contributed by atoms with Gasteiger partial charge in [-0.25, -0.2) is 9.07 Å². The lowest BCUT2D eigenvalue weighted by molar-refractivity contribution is 0.0788. The van der Waals surface area contributed by atoms with Crippen LogP contribution in [-0.2, 0) is 6.54 Å². The number of aromatic nitrogens is 2. The average Bonchev–Trinajstić information content (AvgIpc) is 3.67. The largest absolute Gasteiger partial charge is 0.338 e.